The summed E-state index contributed by atoms with van der Waals surface area (Å²) in [4.78, 5) is 15.0. The fourth-order valence-electron chi connectivity index (χ4n) is 4.31. The van der Waals surface area contributed by atoms with Crippen molar-refractivity contribution in [3.63, 3.8) is 0 Å². The number of hydrogen-bond acceptors (Lipinski definition) is 3. The van der Waals surface area contributed by atoms with Crippen LogP contribution in [0.5, 0.6) is 5.75 Å². The molecule has 3 aromatic rings. The summed E-state index contributed by atoms with van der Waals surface area (Å²) in [7, 11) is 0. The van der Waals surface area contributed by atoms with E-state index in [0.717, 1.165) is 22.3 Å². The fourth-order valence-corrected chi connectivity index (χ4v) is 4.31. The van der Waals surface area contributed by atoms with Crippen molar-refractivity contribution < 1.29 is 14.3 Å². The van der Waals surface area contributed by atoms with Crippen molar-refractivity contribution in [2.24, 2.45) is 0 Å². The van der Waals surface area contributed by atoms with Crippen LogP contribution >= 0.6 is 0 Å². The highest BCUT2D eigenvalue weighted by Gasteiger charge is 2.27. The molecule has 1 atom stereocenters. The molecule has 5 rings (SSSR count). The van der Waals surface area contributed by atoms with E-state index in [2.05, 4.69) is 30.2 Å². The molecule has 158 valence electrons. The summed E-state index contributed by atoms with van der Waals surface area (Å²) in [5.41, 5.74) is 6.29. The van der Waals surface area contributed by atoms with Crippen molar-refractivity contribution in [1.29, 1.82) is 0 Å². The van der Waals surface area contributed by atoms with Crippen LogP contribution in [0, 0.1) is 12.3 Å². The molecule has 0 spiro atoms. The van der Waals surface area contributed by atoms with Crippen LogP contribution in [0.25, 0.3) is 16.7 Å². The second-order valence-electron chi connectivity index (χ2n) is 7.91. The summed E-state index contributed by atoms with van der Waals surface area (Å²) < 4.78 is 11.7. The molecule has 0 N–H and O–H groups in total. The number of morpholine rings is 1. The summed E-state index contributed by atoms with van der Waals surface area (Å²) >= 11 is 0. The number of amides is 1. The van der Waals surface area contributed by atoms with Crippen molar-refractivity contribution in [3.05, 3.63) is 95.6 Å². The van der Waals surface area contributed by atoms with Crippen molar-refractivity contribution in [1.82, 2.24) is 4.90 Å². The number of terminal acetylenes is 1. The molecule has 1 saturated heterocycles. The second kappa shape index (κ2) is 8.74. The van der Waals surface area contributed by atoms with E-state index >= 15 is 0 Å². The molecule has 0 aromatic heterocycles. The maximum atomic E-state index is 13.2. The van der Waals surface area contributed by atoms with Gasteiger partial charge >= 0.3 is 0 Å². The third kappa shape index (κ3) is 3.91. The number of ether oxygens (including phenoxy) is 2. The Balaban J connectivity index is 1.31. The van der Waals surface area contributed by atoms with Gasteiger partial charge in [-0.05, 0) is 46.0 Å². The van der Waals surface area contributed by atoms with Crippen molar-refractivity contribution in [3.8, 4) is 29.2 Å². The van der Waals surface area contributed by atoms with Crippen molar-refractivity contribution >= 4 is 11.5 Å². The highest BCUT2D eigenvalue weighted by atomic mass is 16.5. The monoisotopic (exact) mass is 421 g/mol. The van der Waals surface area contributed by atoms with Crippen LogP contribution in [0.3, 0.4) is 0 Å². The lowest BCUT2D eigenvalue weighted by molar-refractivity contribution is -0.134. The van der Waals surface area contributed by atoms with Gasteiger partial charge in [-0.2, -0.15) is 0 Å². The highest BCUT2D eigenvalue weighted by Crippen LogP contribution is 2.43. The third-order valence-electron chi connectivity index (χ3n) is 5.88. The van der Waals surface area contributed by atoms with Crippen LogP contribution in [-0.2, 0) is 9.53 Å². The lowest BCUT2D eigenvalue weighted by Gasteiger charge is -2.32. The quantitative estimate of drug-likeness (QED) is 0.362. The van der Waals surface area contributed by atoms with E-state index in [4.69, 9.17) is 15.9 Å². The van der Waals surface area contributed by atoms with Gasteiger partial charge in [0.25, 0.3) is 0 Å². The summed E-state index contributed by atoms with van der Waals surface area (Å²) in [6, 6.07) is 23.9. The van der Waals surface area contributed by atoms with Gasteiger partial charge in [-0.3, -0.25) is 4.79 Å². The van der Waals surface area contributed by atoms with E-state index in [1.165, 1.54) is 11.1 Å². The van der Waals surface area contributed by atoms with Gasteiger partial charge in [0, 0.05) is 18.2 Å². The molecular formula is C28H23NO3. The Bertz CT molecular complexity index is 1190. The van der Waals surface area contributed by atoms with E-state index in [-0.39, 0.29) is 12.0 Å². The Hall–Kier alpha value is -3.81. The van der Waals surface area contributed by atoms with Gasteiger partial charge in [0.1, 0.15) is 18.5 Å². The van der Waals surface area contributed by atoms with Gasteiger partial charge in [0.05, 0.1) is 13.2 Å². The predicted molar refractivity (Wildman–Crippen MR) is 125 cm³/mol. The van der Waals surface area contributed by atoms with Crippen LogP contribution in [0.4, 0.5) is 0 Å². The Labute approximate surface area is 188 Å². The summed E-state index contributed by atoms with van der Waals surface area (Å²) in [5, 5.41) is 0. The Morgan fingerprint density at radius 3 is 2.41 bits per heavy atom. The van der Waals surface area contributed by atoms with Gasteiger partial charge in [0.2, 0.25) is 5.91 Å². The van der Waals surface area contributed by atoms with Gasteiger partial charge < -0.3 is 14.4 Å². The van der Waals surface area contributed by atoms with E-state index in [9.17, 15) is 4.79 Å². The van der Waals surface area contributed by atoms with E-state index < -0.39 is 0 Å². The Kier molecular flexibility index (Phi) is 5.49. The molecule has 4 nitrogen and oxygen atoms in total. The zero-order valence-electron chi connectivity index (χ0n) is 17.7. The molecule has 0 saturated carbocycles. The van der Waals surface area contributed by atoms with Gasteiger partial charge in [-0.1, -0.05) is 60.5 Å². The van der Waals surface area contributed by atoms with E-state index in [1.54, 1.807) is 6.08 Å². The first-order valence-electron chi connectivity index (χ1n) is 10.7. The molecule has 1 aliphatic heterocycles. The average Bonchev–Trinajstić information content (AvgIpc) is 3.17. The molecule has 1 unspecified atom stereocenters. The lowest BCUT2D eigenvalue weighted by Crippen LogP contribution is -2.47. The second-order valence-corrected chi connectivity index (χ2v) is 7.91. The van der Waals surface area contributed by atoms with E-state index in [1.807, 2.05) is 53.4 Å². The van der Waals surface area contributed by atoms with Gasteiger partial charge in [-0.15, -0.1) is 6.42 Å². The smallest absolute Gasteiger partial charge is 0.247 e. The maximum Gasteiger partial charge on any atom is 0.247 e. The predicted octanol–water partition coefficient (Wildman–Crippen LogP) is 4.39. The Morgan fingerprint density at radius 2 is 1.72 bits per heavy atom. The fraction of sp³-hybridized carbons (Fsp3) is 0.179. The highest BCUT2D eigenvalue weighted by molar-refractivity contribution is 6.08. The van der Waals surface area contributed by atoms with Crippen LogP contribution in [0.1, 0.15) is 16.7 Å². The number of benzene rings is 3. The first-order valence-corrected chi connectivity index (χ1v) is 10.7. The molecule has 3 aromatic carbocycles. The summed E-state index contributed by atoms with van der Waals surface area (Å²) in [5.74, 6) is 3.30. The molecule has 4 heteroatoms. The number of fused-ring (bicyclic) bond motifs is 3. The number of nitrogens with zero attached hydrogens (tertiary/aromatic N) is 1. The Morgan fingerprint density at radius 1 is 1.03 bits per heavy atom. The first kappa shape index (κ1) is 20.1. The standard InChI is InChI=1S/C28H23NO3/c1-2-20-8-7-9-21(16-20)32-19-22-18-29(14-15-31-22)28(30)17-27-25-12-5-3-10-23(25)24-11-4-6-13-26(24)27/h1,3-13,16-17,22H,14-15,18-19H2. The van der Waals surface area contributed by atoms with Crippen LogP contribution in [0.2, 0.25) is 0 Å². The van der Waals surface area contributed by atoms with Gasteiger partial charge in [0.15, 0.2) is 0 Å². The van der Waals surface area contributed by atoms with Crippen LogP contribution in [0.15, 0.2) is 78.9 Å². The SMILES string of the molecule is C#Cc1cccc(OCC2CN(C(=O)C=C3c4ccccc4-c4ccccc43)CCO2)c1. The minimum atomic E-state index is -0.191. The minimum Gasteiger partial charge on any atom is -0.491 e. The maximum absolute atomic E-state index is 13.2. The zero-order chi connectivity index (χ0) is 21.9. The molecule has 1 heterocycles. The molecule has 2 aliphatic rings. The van der Waals surface area contributed by atoms with Gasteiger partial charge in [-0.25, -0.2) is 0 Å². The molecular weight excluding hydrogens is 398 g/mol. The molecule has 32 heavy (non-hydrogen) atoms. The molecule has 0 bridgehead atoms. The third-order valence-corrected chi connectivity index (χ3v) is 5.88. The largest absolute Gasteiger partial charge is 0.491 e. The molecule has 1 amide bonds. The first-order chi connectivity index (χ1) is 15.7. The molecule has 1 fully saturated rings. The van der Waals surface area contributed by atoms with Crippen molar-refractivity contribution in [2.45, 2.75) is 6.10 Å². The summed E-state index contributed by atoms with van der Waals surface area (Å²) in [6.45, 7) is 1.90. The number of carbonyl (C=O) groups is 1. The van der Waals surface area contributed by atoms with Crippen molar-refractivity contribution in [2.75, 3.05) is 26.3 Å². The summed E-state index contributed by atoms with van der Waals surface area (Å²) in [6.07, 6.45) is 7.03. The normalized spacial score (nSPS) is 16.7. The zero-order valence-corrected chi connectivity index (χ0v) is 17.7. The minimum absolute atomic E-state index is 0.00543. The molecule has 1 aliphatic carbocycles. The number of carbonyl (C=O) groups excluding carboxylic acids is 1. The number of hydrogen-bond donors (Lipinski definition) is 0. The lowest BCUT2D eigenvalue weighted by atomic mass is 10.0. The number of rotatable bonds is 4. The van der Waals surface area contributed by atoms with Crippen LogP contribution < -0.4 is 4.74 Å². The van der Waals surface area contributed by atoms with Crippen LogP contribution in [-0.4, -0.2) is 43.2 Å². The van der Waals surface area contributed by atoms with E-state index in [0.29, 0.717) is 32.1 Å². The topological polar surface area (TPSA) is 38.8 Å². The average molecular weight is 421 g/mol. The molecule has 0 radical (unpaired) electrons.